The average molecular weight is 468 g/mol. The zero-order valence-corrected chi connectivity index (χ0v) is 17.6. The van der Waals surface area contributed by atoms with E-state index in [0.29, 0.717) is 23.9 Å². The van der Waals surface area contributed by atoms with Crippen LogP contribution < -0.4 is 5.32 Å². The fourth-order valence-corrected chi connectivity index (χ4v) is 4.81. The number of hydrogen-bond donors (Lipinski definition) is 1. The van der Waals surface area contributed by atoms with E-state index >= 15 is 0 Å². The molecular weight excluding hydrogens is 449 g/mol. The maximum absolute atomic E-state index is 14.8. The number of halogens is 2. The van der Waals surface area contributed by atoms with Crippen molar-refractivity contribution in [2.75, 3.05) is 11.9 Å². The van der Waals surface area contributed by atoms with Crippen LogP contribution in [-0.2, 0) is 0 Å². The molecule has 1 saturated heterocycles. The average Bonchev–Trinajstić information content (AvgIpc) is 3.36. The molecule has 2 aliphatic rings. The van der Waals surface area contributed by atoms with Crippen molar-refractivity contribution >= 4 is 27.7 Å². The van der Waals surface area contributed by atoms with Gasteiger partial charge in [-0.1, -0.05) is 12.1 Å². The van der Waals surface area contributed by atoms with Gasteiger partial charge >= 0.3 is 0 Å². The van der Waals surface area contributed by atoms with Crippen molar-refractivity contribution in [3.8, 4) is 11.4 Å². The third kappa shape index (κ3) is 3.45. The monoisotopic (exact) mass is 467 g/mol. The van der Waals surface area contributed by atoms with Crippen molar-refractivity contribution in [1.82, 2.24) is 19.9 Å². The van der Waals surface area contributed by atoms with Gasteiger partial charge in [-0.15, -0.1) is 0 Å². The predicted octanol–water partition coefficient (Wildman–Crippen LogP) is 4.16. The summed E-state index contributed by atoms with van der Waals surface area (Å²) in [6, 6.07) is 10.2. The van der Waals surface area contributed by atoms with E-state index in [1.807, 2.05) is 12.1 Å². The number of carbonyl (C=O) groups is 1. The largest absolute Gasteiger partial charge is 0.365 e. The third-order valence-corrected chi connectivity index (χ3v) is 6.31. The molecule has 3 aromatic rings. The van der Waals surface area contributed by atoms with E-state index in [1.54, 1.807) is 41.7 Å². The Kier molecular flexibility index (Phi) is 4.94. The lowest BCUT2D eigenvalue weighted by Gasteiger charge is -2.34. The minimum absolute atomic E-state index is 0.00269. The molecule has 1 saturated carbocycles. The Balaban J connectivity index is 1.43. The molecule has 8 heteroatoms. The second kappa shape index (κ2) is 7.75. The molecule has 0 spiro atoms. The molecule has 2 unspecified atom stereocenters. The van der Waals surface area contributed by atoms with Gasteiger partial charge in [-0.2, -0.15) is 0 Å². The van der Waals surface area contributed by atoms with Crippen LogP contribution in [-0.4, -0.2) is 44.4 Å². The minimum atomic E-state index is -0.549. The minimum Gasteiger partial charge on any atom is -0.365 e. The van der Waals surface area contributed by atoms with Gasteiger partial charge in [0.1, 0.15) is 11.6 Å². The van der Waals surface area contributed by atoms with Crippen molar-refractivity contribution in [2.24, 2.45) is 5.92 Å². The lowest BCUT2D eigenvalue weighted by atomic mass is 10.0. The lowest BCUT2D eigenvalue weighted by Crippen LogP contribution is -2.48. The molecule has 2 bridgehead atoms. The Morgan fingerprint density at radius 2 is 1.93 bits per heavy atom. The van der Waals surface area contributed by atoms with Crippen molar-refractivity contribution in [3.05, 3.63) is 70.8 Å². The zero-order chi connectivity index (χ0) is 20.7. The highest BCUT2D eigenvalue weighted by Gasteiger charge is 2.47. The normalized spacial score (nSPS) is 22.3. The molecule has 3 atom stereocenters. The van der Waals surface area contributed by atoms with Crippen LogP contribution in [0.2, 0.25) is 0 Å². The van der Waals surface area contributed by atoms with Crippen LogP contribution in [0.5, 0.6) is 0 Å². The number of anilines is 1. The van der Waals surface area contributed by atoms with Crippen LogP contribution in [0.3, 0.4) is 0 Å². The van der Waals surface area contributed by atoms with Crippen LogP contribution in [0.4, 0.5) is 10.2 Å². The highest BCUT2D eigenvalue weighted by molar-refractivity contribution is 9.10. The lowest BCUT2D eigenvalue weighted by molar-refractivity contribution is 0.0688. The fraction of sp³-hybridized carbons (Fsp3) is 0.273. The molecule has 1 amide bonds. The van der Waals surface area contributed by atoms with Gasteiger partial charge in [0.25, 0.3) is 5.91 Å². The highest BCUT2D eigenvalue weighted by Crippen LogP contribution is 2.40. The quantitative estimate of drug-likeness (QED) is 0.623. The first kappa shape index (κ1) is 19.1. The molecule has 1 aliphatic carbocycles. The summed E-state index contributed by atoms with van der Waals surface area (Å²) >= 11 is 3.39. The second-order valence-electron chi connectivity index (χ2n) is 7.71. The first-order chi connectivity index (χ1) is 14.6. The van der Waals surface area contributed by atoms with E-state index in [1.165, 1.54) is 6.07 Å². The van der Waals surface area contributed by atoms with Crippen molar-refractivity contribution in [3.63, 3.8) is 0 Å². The van der Waals surface area contributed by atoms with Gasteiger partial charge in [0.15, 0.2) is 5.82 Å². The van der Waals surface area contributed by atoms with Crippen molar-refractivity contribution < 1.29 is 9.18 Å². The van der Waals surface area contributed by atoms with Gasteiger partial charge in [0.2, 0.25) is 0 Å². The van der Waals surface area contributed by atoms with Gasteiger partial charge in [-0.3, -0.25) is 4.79 Å². The Hall–Kier alpha value is -2.87. The summed E-state index contributed by atoms with van der Waals surface area (Å²) in [5.74, 6) is 0.658. The summed E-state index contributed by atoms with van der Waals surface area (Å²) in [5.41, 5.74) is 0.458. The van der Waals surface area contributed by atoms with E-state index in [0.717, 1.165) is 23.1 Å². The first-order valence-corrected chi connectivity index (χ1v) is 10.6. The van der Waals surface area contributed by atoms with Gasteiger partial charge in [0.05, 0.1) is 11.6 Å². The summed E-state index contributed by atoms with van der Waals surface area (Å²) in [6.07, 6.45) is 6.79. The van der Waals surface area contributed by atoms with Crippen LogP contribution in [0, 0.1) is 11.7 Å². The number of carbonyl (C=O) groups excluding carboxylic acids is 1. The summed E-state index contributed by atoms with van der Waals surface area (Å²) in [4.78, 5) is 28.1. The van der Waals surface area contributed by atoms with Crippen molar-refractivity contribution in [2.45, 2.75) is 24.9 Å². The molecule has 0 radical (unpaired) electrons. The van der Waals surface area contributed by atoms with Gasteiger partial charge in [-0.05, 0) is 59.0 Å². The molecule has 1 aliphatic heterocycles. The number of rotatable bonds is 4. The first-order valence-electron chi connectivity index (χ1n) is 9.85. The fourth-order valence-electron chi connectivity index (χ4n) is 4.57. The summed E-state index contributed by atoms with van der Waals surface area (Å²) in [6.45, 7) is 0.638. The highest BCUT2D eigenvalue weighted by atomic mass is 79.9. The molecule has 2 aromatic heterocycles. The summed E-state index contributed by atoms with van der Waals surface area (Å²) in [5, 5.41) is 3.45. The smallest absolute Gasteiger partial charge is 0.257 e. The maximum Gasteiger partial charge on any atom is 0.257 e. The van der Waals surface area contributed by atoms with Crippen LogP contribution in [0.25, 0.3) is 11.4 Å². The van der Waals surface area contributed by atoms with Crippen molar-refractivity contribution in [1.29, 1.82) is 0 Å². The number of likely N-dealkylation sites (tertiary alicyclic amines) is 1. The Morgan fingerprint density at radius 3 is 2.67 bits per heavy atom. The number of nitrogens with zero attached hydrogens (tertiary/aromatic N) is 4. The Bertz CT molecular complexity index is 1080. The van der Waals surface area contributed by atoms with Gasteiger partial charge in [0, 0.05) is 41.2 Å². The number of piperidine rings is 1. The number of hydrogen-bond acceptors (Lipinski definition) is 5. The summed E-state index contributed by atoms with van der Waals surface area (Å²) in [7, 11) is 0. The number of amides is 1. The Labute approximate surface area is 181 Å². The maximum atomic E-state index is 14.8. The standard InChI is InChI=1S/C22H19BrFN5O/c23-14-5-6-19(27-11-14)28-17-9-13-10-18(17)29(12-13)22(30)20-15(3-1-4-16(20)24)21-25-7-2-8-26-21/h1-8,11,13,17-18H,9-10,12H2,(H,27,28)/t13-,17?,18?/m0/s1. The predicted molar refractivity (Wildman–Crippen MR) is 114 cm³/mol. The number of nitrogens with one attached hydrogen (secondary N) is 1. The zero-order valence-electron chi connectivity index (χ0n) is 16.0. The second-order valence-corrected chi connectivity index (χ2v) is 8.63. The number of pyridine rings is 1. The van der Waals surface area contributed by atoms with E-state index in [-0.39, 0.29) is 23.6 Å². The molecule has 30 heavy (non-hydrogen) atoms. The van der Waals surface area contributed by atoms with Crippen LogP contribution in [0.1, 0.15) is 23.2 Å². The third-order valence-electron chi connectivity index (χ3n) is 5.84. The molecule has 5 rings (SSSR count). The molecule has 152 valence electrons. The van der Waals surface area contributed by atoms with Gasteiger partial charge in [-0.25, -0.2) is 19.3 Å². The topological polar surface area (TPSA) is 71.0 Å². The number of aromatic nitrogens is 3. The van der Waals surface area contributed by atoms with E-state index in [2.05, 4.69) is 36.2 Å². The molecule has 1 N–H and O–H groups in total. The number of fused-ring (bicyclic) bond motifs is 2. The Morgan fingerprint density at radius 1 is 1.10 bits per heavy atom. The van der Waals surface area contributed by atoms with Gasteiger partial charge < -0.3 is 10.2 Å². The van der Waals surface area contributed by atoms with Crippen LogP contribution in [0.15, 0.2) is 59.5 Å². The molecular formula is C22H19BrFN5O. The molecule has 6 nitrogen and oxygen atoms in total. The molecule has 3 heterocycles. The van der Waals surface area contributed by atoms with E-state index in [4.69, 9.17) is 0 Å². The molecule has 2 fully saturated rings. The van der Waals surface area contributed by atoms with E-state index < -0.39 is 5.82 Å². The summed E-state index contributed by atoms with van der Waals surface area (Å²) < 4.78 is 15.7. The molecule has 1 aromatic carbocycles. The van der Waals surface area contributed by atoms with E-state index in [9.17, 15) is 9.18 Å². The van der Waals surface area contributed by atoms with Crippen LogP contribution >= 0.6 is 15.9 Å². The SMILES string of the molecule is O=C(c1c(F)cccc1-c1ncccn1)N1C[C@H]2CC(Nc3ccc(Br)cn3)C1C2. The number of benzene rings is 1.